The van der Waals surface area contributed by atoms with Crippen LogP contribution < -0.4 is 5.73 Å². The fraction of sp³-hybridized carbons (Fsp3) is 0.500. The lowest BCUT2D eigenvalue weighted by Gasteiger charge is -2.27. The number of nitrogens with two attached hydrogens (primary N) is 1. The number of benzene rings is 1. The highest BCUT2D eigenvalue weighted by molar-refractivity contribution is 5.84. The van der Waals surface area contributed by atoms with Crippen LogP contribution in [0.4, 0.5) is 4.39 Å². The summed E-state index contributed by atoms with van der Waals surface area (Å²) in [7, 11) is 1.77. The van der Waals surface area contributed by atoms with Gasteiger partial charge in [-0.2, -0.15) is 0 Å². The summed E-state index contributed by atoms with van der Waals surface area (Å²) in [6.07, 6.45) is 0.850. The number of likely N-dealkylation sites (N-methyl/N-ethyl adjacent to an activating group) is 1. The van der Waals surface area contributed by atoms with Crippen LogP contribution in [-0.4, -0.2) is 43.7 Å². The van der Waals surface area contributed by atoms with E-state index < -0.39 is 5.92 Å². The Morgan fingerprint density at radius 3 is 2.74 bits per heavy atom. The minimum Gasteiger partial charge on any atom is -0.379 e. The first-order valence-electron chi connectivity index (χ1n) is 6.43. The number of carbonyl (C=O) groups is 1. The first kappa shape index (κ1) is 14.0. The van der Waals surface area contributed by atoms with Crippen LogP contribution in [0.15, 0.2) is 24.3 Å². The molecule has 2 atom stereocenters. The molecule has 19 heavy (non-hydrogen) atoms. The predicted octanol–water partition coefficient (Wildman–Crippen LogP) is 1.12. The third-order valence-electron chi connectivity index (χ3n) is 3.61. The van der Waals surface area contributed by atoms with E-state index in [0.717, 1.165) is 12.0 Å². The Labute approximate surface area is 112 Å². The lowest BCUT2D eigenvalue weighted by molar-refractivity contribution is -0.133. The van der Waals surface area contributed by atoms with Crippen LogP contribution in [0.25, 0.3) is 0 Å². The maximum atomic E-state index is 12.9. The summed E-state index contributed by atoms with van der Waals surface area (Å²) in [4.78, 5) is 14.1. The smallest absolute Gasteiger partial charge is 0.231 e. The van der Waals surface area contributed by atoms with E-state index in [1.54, 1.807) is 24.1 Å². The van der Waals surface area contributed by atoms with Gasteiger partial charge in [0.2, 0.25) is 5.91 Å². The van der Waals surface area contributed by atoms with Crippen molar-refractivity contribution in [3.05, 3.63) is 35.6 Å². The highest BCUT2D eigenvalue weighted by atomic mass is 19.1. The average Bonchev–Trinajstić information content (AvgIpc) is 2.94. The second-order valence-electron chi connectivity index (χ2n) is 4.81. The van der Waals surface area contributed by atoms with Gasteiger partial charge in [0.1, 0.15) is 5.82 Å². The van der Waals surface area contributed by atoms with Crippen molar-refractivity contribution in [3.63, 3.8) is 0 Å². The maximum Gasteiger partial charge on any atom is 0.231 e. The van der Waals surface area contributed by atoms with E-state index in [0.29, 0.717) is 13.2 Å². The number of ether oxygens (including phenoxy) is 1. The van der Waals surface area contributed by atoms with Crippen LogP contribution in [-0.2, 0) is 9.53 Å². The first-order chi connectivity index (χ1) is 9.13. The summed E-state index contributed by atoms with van der Waals surface area (Å²) in [5, 5.41) is 0. The zero-order valence-corrected chi connectivity index (χ0v) is 11.0. The molecule has 4 nitrogen and oxygen atoms in total. The van der Waals surface area contributed by atoms with Crippen molar-refractivity contribution in [2.75, 3.05) is 26.8 Å². The van der Waals surface area contributed by atoms with Crippen molar-refractivity contribution >= 4 is 5.91 Å². The Balaban J connectivity index is 2.12. The van der Waals surface area contributed by atoms with Gasteiger partial charge in [-0.25, -0.2) is 4.39 Å². The van der Waals surface area contributed by atoms with Crippen LogP contribution >= 0.6 is 0 Å². The van der Waals surface area contributed by atoms with Crippen LogP contribution in [0.3, 0.4) is 0 Å². The van der Waals surface area contributed by atoms with E-state index in [-0.39, 0.29) is 24.3 Å². The fourth-order valence-electron chi connectivity index (χ4n) is 2.33. The molecule has 0 radical (unpaired) electrons. The molecule has 0 aliphatic carbocycles. The van der Waals surface area contributed by atoms with Gasteiger partial charge in [0.15, 0.2) is 0 Å². The first-order valence-corrected chi connectivity index (χ1v) is 6.43. The second kappa shape index (κ2) is 6.12. The van der Waals surface area contributed by atoms with Crippen molar-refractivity contribution < 1.29 is 13.9 Å². The van der Waals surface area contributed by atoms with Crippen molar-refractivity contribution in [3.8, 4) is 0 Å². The molecule has 0 spiro atoms. The number of carbonyl (C=O) groups excluding carboxylic acids is 1. The summed E-state index contributed by atoms with van der Waals surface area (Å²) in [6, 6.07) is 6.04. The molecule has 0 saturated carbocycles. The van der Waals surface area contributed by atoms with Gasteiger partial charge in [-0.1, -0.05) is 12.1 Å². The molecular weight excluding hydrogens is 247 g/mol. The van der Waals surface area contributed by atoms with Crippen molar-refractivity contribution in [2.45, 2.75) is 18.4 Å². The van der Waals surface area contributed by atoms with E-state index in [1.165, 1.54) is 12.1 Å². The molecule has 1 aromatic carbocycles. The fourth-order valence-corrected chi connectivity index (χ4v) is 2.33. The molecule has 104 valence electrons. The SMILES string of the molecule is CN(C(=O)[C@H](CN)c1ccc(F)cc1)[C@H]1CCOC1. The molecule has 0 unspecified atom stereocenters. The third kappa shape index (κ3) is 3.11. The third-order valence-corrected chi connectivity index (χ3v) is 3.61. The van der Waals surface area contributed by atoms with Crippen LogP contribution in [0.1, 0.15) is 17.9 Å². The molecule has 1 fully saturated rings. The summed E-state index contributed by atoms with van der Waals surface area (Å²) >= 11 is 0. The van der Waals surface area contributed by atoms with E-state index in [9.17, 15) is 9.18 Å². The largest absolute Gasteiger partial charge is 0.379 e. The number of hydrogen-bond donors (Lipinski definition) is 1. The van der Waals surface area contributed by atoms with Gasteiger partial charge in [0.25, 0.3) is 0 Å². The average molecular weight is 266 g/mol. The van der Waals surface area contributed by atoms with E-state index in [2.05, 4.69) is 0 Å². The molecule has 1 aliphatic rings. The molecule has 1 aliphatic heterocycles. The van der Waals surface area contributed by atoms with E-state index in [1.807, 2.05) is 0 Å². The van der Waals surface area contributed by atoms with Crippen LogP contribution in [0.5, 0.6) is 0 Å². The Morgan fingerprint density at radius 2 is 2.21 bits per heavy atom. The monoisotopic (exact) mass is 266 g/mol. The molecule has 1 amide bonds. The molecule has 0 bridgehead atoms. The molecule has 2 rings (SSSR count). The molecule has 5 heteroatoms. The number of hydrogen-bond acceptors (Lipinski definition) is 3. The summed E-state index contributed by atoms with van der Waals surface area (Å²) in [6.45, 7) is 1.47. The Morgan fingerprint density at radius 1 is 1.53 bits per heavy atom. The molecular formula is C14H19FN2O2. The highest BCUT2D eigenvalue weighted by Gasteiger charge is 2.29. The minimum atomic E-state index is -0.425. The predicted molar refractivity (Wildman–Crippen MR) is 70.2 cm³/mol. The zero-order chi connectivity index (χ0) is 13.8. The number of halogens is 1. The van der Waals surface area contributed by atoms with Crippen LogP contribution in [0.2, 0.25) is 0 Å². The number of amides is 1. The molecule has 1 saturated heterocycles. The number of rotatable bonds is 4. The van der Waals surface area contributed by atoms with Gasteiger partial charge in [-0.3, -0.25) is 4.79 Å². The summed E-state index contributed by atoms with van der Waals surface area (Å²) < 4.78 is 18.2. The van der Waals surface area contributed by atoms with E-state index >= 15 is 0 Å². The van der Waals surface area contributed by atoms with Crippen LogP contribution in [0, 0.1) is 5.82 Å². The van der Waals surface area contributed by atoms with Crippen molar-refractivity contribution in [2.24, 2.45) is 5.73 Å². The molecule has 0 aromatic heterocycles. The molecule has 1 heterocycles. The molecule has 1 aromatic rings. The maximum absolute atomic E-state index is 12.9. The quantitative estimate of drug-likeness (QED) is 0.888. The highest BCUT2D eigenvalue weighted by Crippen LogP contribution is 2.21. The Hall–Kier alpha value is -1.46. The minimum absolute atomic E-state index is 0.0374. The lowest BCUT2D eigenvalue weighted by atomic mass is 9.97. The lowest BCUT2D eigenvalue weighted by Crippen LogP contribution is -2.42. The van der Waals surface area contributed by atoms with Gasteiger partial charge < -0.3 is 15.4 Å². The zero-order valence-electron chi connectivity index (χ0n) is 11.0. The van der Waals surface area contributed by atoms with E-state index in [4.69, 9.17) is 10.5 Å². The Kier molecular flexibility index (Phi) is 4.50. The van der Waals surface area contributed by atoms with Gasteiger partial charge in [-0.05, 0) is 24.1 Å². The second-order valence-corrected chi connectivity index (χ2v) is 4.81. The molecule has 2 N–H and O–H groups in total. The van der Waals surface area contributed by atoms with Crippen molar-refractivity contribution in [1.29, 1.82) is 0 Å². The standard InChI is InChI=1S/C14H19FN2O2/c1-17(12-6-7-19-9-12)14(18)13(8-16)10-2-4-11(15)5-3-10/h2-5,12-13H,6-9,16H2,1H3/t12-,13+/m0/s1. The number of nitrogens with zero attached hydrogens (tertiary/aromatic N) is 1. The van der Waals surface area contributed by atoms with Gasteiger partial charge in [-0.15, -0.1) is 0 Å². The van der Waals surface area contributed by atoms with Crippen molar-refractivity contribution in [1.82, 2.24) is 4.90 Å². The Bertz CT molecular complexity index is 430. The van der Waals surface area contributed by atoms with Gasteiger partial charge >= 0.3 is 0 Å². The topological polar surface area (TPSA) is 55.6 Å². The summed E-state index contributed by atoms with van der Waals surface area (Å²) in [5.41, 5.74) is 6.46. The van der Waals surface area contributed by atoms with Gasteiger partial charge in [0.05, 0.1) is 18.6 Å². The summed E-state index contributed by atoms with van der Waals surface area (Å²) in [5.74, 6) is -0.777. The normalized spacial score (nSPS) is 20.3. The van der Waals surface area contributed by atoms with Gasteiger partial charge in [0, 0.05) is 20.2 Å².